The maximum absolute atomic E-state index is 13.5. The van der Waals surface area contributed by atoms with Crippen molar-refractivity contribution in [1.29, 1.82) is 0 Å². The number of rotatable bonds is 6. The van der Waals surface area contributed by atoms with Crippen LogP contribution in [0.1, 0.15) is 36.5 Å². The molecule has 0 bridgehead atoms. The molecule has 0 spiro atoms. The summed E-state index contributed by atoms with van der Waals surface area (Å²) in [5, 5.41) is 12.1. The first-order valence-electron chi connectivity index (χ1n) is 11.3. The van der Waals surface area contributed by atoms with Gasteiger partial charge in [-0.25, -0.2) is 9.78 Å². The highest BCUT2D eigenvalue weighted by atomic mass is 16.6. The van der Waals surface area contributed by atoms with Crippen LogP contribution in [0.4, 0.5) is 0 Å². The van der Waals surface area contributed by atoms with Crippen molar-refractivity contribution in [3.63, 3.8) is 0 Å². The number of hydrogen-bond donors (Lipinski definition) is 2. The maximum atomic E-state index is 13.5. The van der Waals surface area contributed by atoms with Crippen LogP contribution in [0.2, 0.25) is 0 Å². The fourth-order valence-electron chi connectivity index (χ4n) is 4.67. The molecule has 0 unspecified atom stereocenters. The Labute approximate surface area is 199 Å². The van der Waals surface area contributed by atoms with E-state index in [2.05, 4.69) is 5.32 Å². The van der Waals surface area contributed by atoms with Crippen molar-refractivity contribution < 1.29 is 29.0 Å². The smallest absolute Gasteiger partial charge is 0.355 e. The molecule has 0 saturated carbocycles. The van der Waals surface area contributed by atoms with Gasteiger partial charge in [0.25, 0.3) is 5.56 Å². The normalized spacial score (nSPS) is 17.8. The van der Waals surface area contributed by atoms with Gasteiger partial charge in [-0.05, 0) is 24.6 Å². The number of carbonyl (C=O) groups is 3. The average Bonchev–Trinajstić information content (AvgIpc) is 3.21. The zero-order valence-electron chi connectivity index (χ0n) is 19.0. The number of pyridine rings is 2. The number of ether oxygens (including phenoxy) is 2. The van der Waals surface area contributed by atoms with Gasteiger partial charge in [0.15, 0.2) is 0 Å². The van der Waals surface area contributed by atoms with E-state index in [0.717, 1.165) is 16.5 Å². The van der Waals surface area contributed by atoms with Crippen molar-refractivity contribution in [3.05, 3.63) is 63.4 Å². The summed E-state index contributed by atoms with van der Waals surface area (Å²) in [5.74, 6) is -2.18. The molecule has 2 aromatic heterocycles. The first kappa shape index (κ1) is 22.7. The average molecular weight is 477 g/mol. The van der Waals surface area contributed by atoms with Crippen LogP contribution in [0.5, 0.6) is 0 Å². The molecule has 1 amide bonds. The number of benzene rings is 1. The highest BCUT2D eigenvalue weighted by Crippen LogP contribution is 2.40. The molecule has 2 aliphatic heterocycles. The van der Waals surface area contributed by atoms with Gasteiger partial charge >= 0.3 is 11.9 Å². The molecule has 10 heteroatoms. The van der Waals surface area contributed by atoms with Crippen molar-refractivity contribution in [3.8, 4) is 11.4 Å². The predicted molar refractivity (Wildman–Crippen MR) is 123 cm³/mol. The summed E-state index contributed by atoms with van der Waals surface area (Å²) in [4.78, 5) is 55.4. The minimum atomic E-state index is -1.83. The molecule has 0 radical (unpaired) electrons. The standard InChI is InChI=1S/C25H23N3O7/c1-2-25(35-21(31)11-26-20(30)7-8-29)17-10-19-22-15(9-14-5-3-4-6-18(14)27-22)12-28(19)23(32)16(17)13-34-24(25)33/h3-6,9-10,29H,2,7-8,11-13H2,1H3,(H,26,30)/t25-/m0/s1. The zero-order valence-corrected chi connectivity index (χ0v) is 19.0. The number of esters is 2. The molecule has 2 N–H and O–H groups in total. The zero-order chi connectivity index (χ0) is 24.7. The fraction of sp³-hybridized carbons (Fsp3) is 0.320. The molecule has 0 fully saturated rings. The lowest BCUT2D eigenvalue weighted by atomic mass is 9.85. The van der Waals surface area contributed by atoms with Gasteiger partial charge < -0.3 is 24.5 Å². The van der Waals surface area contributed by atoms with Crippen LogP contribution in [-0.4, -0.2) is 45.7 Å². The number of nitrogens with one attached hydrogen (secondary N) is 1. The Morgan fingerprint density at radius 2 is 2.06 bits per heavy atom. The van der Waals surface area contributed by atoms with Crippen molar-refractivity contribution in [2.75, 3.05) is 13.2 Å². The topological polar surface area (TPSA) is 137 Å². The minimum Gasteiger partial charge on any atom is -0.457 e. The number of hydrogen-bond acceptors (Lipinski definition) is 8. The van der Waals surface area contributed by atoms with Gasteiger partial charge in [0.2, 0.25) is 11.5 Å². The third-order valence-electron chi connectivity index (χ3n) is 6.44. The van der Waals surface area contributed by atoms with Crippen molar-refractivity contribution in [1.82, 2.24) is 14.9 Å². The number of aromatic nitrogens is 2. The fourth-order valence-corrected chi connectivity index (χ4v) is 4.67. The number of fused-ring (bicyclic) bond motifs is 5. The second-order valence-electron chi connectivity index (χ2n) is 8.48. The summed E-state index contributed by atoms with van der Waals surface area (Å²) < 4.78 is 12.5. The van der Waals surface area contributed by atoms with E-state index in [-0.39, 0.29) is 42.7 Å². The Morgan fingerprint density at radius 1 is 1.26 bits per heavy atom. The second kappa shape index (κ2) is 8.62. The summed E-state index contributed by atoms with van der Waals surface area (Å²) in [7, 11) is 0. The number of carbonyl (C=O) groups excluding carboxylic acids is 3. The highest BCUT2D eigenvalue weighted by Gasteiger charge is 2.50. The molecular weight excluding hydrogens is 454 g/mol. The van der Waals surface area contributed by atoms with Crippen LogP contribution in [0.25, 0.3) is 22.3 Å². The molecule has 1 atom stereocenters. The number of aliphatic hydroxyl groups excluding tert-OH is 1. The van der Waals surface area contributed by atoms with Crippen LogP contribution in [0, 0.1) is 0 Å². The van der Waals surface area contributed by atoms with Gasteiger partial charge in [0, 0.05) is 22.9 Å². The third kappa shape index (κ3) is 3.66. The lowest BCUT2D eigenvalue weighted by molar-refractivity contribution is -0.189. The number of cyclic esters (lactones) is 1. The van der Waals surface area contributed by atoms with Gasteiger partial charge in [-0.2, -0.15) is 0 Å². The van der Waals surface area contributed by atoms with E-state index in [9.17, 15) is 19.2 Å². The van der Waals surface area contributed by atoms with E-state index in [1.54, 1.807) is 17.6 Å². The van der Waals surface area contributed by atoms with Crippen LogP contribution in [0.15, 0.2) is 41.2 Å². The first-order valence-corrected chi connectivity index (χ1v) is 11.3. The lowest BCUT2D eigenvalue weighted by Gasteiger charge is -2.35. The molecule has 1 aromatic carbocycles. The van der Waals surface area contributed by atoms with Crippen molar-refractivity contribution >= 4 is 28.7 Å². The summed E-state index contributed by atoms with van der Waals surface area (Å²) in [5.41, 5.74) is 1.16. The van der Waals surface area contributed by atoms with Crippen LogP contribution < -0.4 is 10.9 Å². The number of para-hydroxylation sites is 1. The highest BCUT2D eigenvalue weighted by molar-refractivity contribution is 5.89. The number of nitrogens with zero attached hydrogens (tertiary/aromatic N) is 2. The van der Waals surface area contributed by atoms with Crippen LogP contribution in [-0.2, 0) is 42.6 Å². The molecule has 5 rings (SSSR count). The molecule has 0 aliphatic carbocycles. The molecule has 180 valence electrons. The first-order chi connectivity index (χ1) is 16.9. The second-order valence-corrected chi connectivity index (χ2v) is 8.48. The summed E-state index contributed by atoms with van der Waals surface area (Å²) >= 11 is 0. The summed E-state index contributed by atoms with van der Waals surface area (Å²) in [6, 6.07) is 11.3. The van der Waals surface area contributed by atoms with Crippen molar-refractivity contribution in [2.24, 2.45) is 0 Å². The molecule has 0 saturated heterocycles. The van der Waals surface area contributed by atoms with Gasteiger partial charge in [0.1, 0.15) is 13.2 Å². The Bertz CT molecular complexity index is 1440. The Morgan fingerprint density at radius 3 is 2.83 bits per heavy atom. The van der Waals surface area contributed by atoms with E-state index in [4.69, 9.17) is 19.6 Å². The quantitative estimate of drug-likeness (QED) is 0.395. The largest absolute Gasteiger partial charge is 0.457 e. The van der Waals surface area contributed by atoms with E-state index >= 15 is 0 Å². The van der Waals surface area contributed by atoms with Gasteiger partial charge in [-0.15, -0.1) is 0 Å². The SMILES string of the molecule is CC[C@@]1(OC(=O)CNC(=O)CCO)C(=O)OCc2c1cc1n(c2=O)Cc2cc3ccccc3nc2-1. The monoisotopic (exact) mass is 477 g/mol. The van der Waals surface area contributed by atoms with Crippen LogP contribution in [0.3, 0.4) is 0 Å². The van der Waals surface area contributed by atoms with E-state index in [0.29, 0.717) is 17.9 Å². The predicted octanol–water partition coefficient (Wildman–Crippen LogP) is 1.13. The number of aliphatic hydroxyl groups is 1. The van der Waals surface area contributed by atoms with E-state index in [1.807, 2.05) is 30.3 Å². The van der Waals surface area contributed by atoms with Crippen molar-refractivity contribution in [2.45, 2.75) is 38.5 Å². The molecule has 3 aromatic rings. The Hall–Kier alpha value is -4.05. The Kier molecular flexibility index (Phi) is 5.60. The third-order valence-corrected chi connectivity index (χ3v) is 6.44. The van der Waals surface area contributed by atoms with Gasteiger partial charge in [-0.1, -0.05) is 25.1 Å². The van der Waals surface area contributed by atoms with E-state index < -0.39 is 30.0 Å². The molecule has 10 nitrogen and oxygen atoms in total. The van der Waals surface area contributed by atoms with Crippen LogP contribution >= 0.6 is 0 Å². The summed E-state index contributed by atoms with van der Waals surface area (Å²) in [6.45, 7) is 0.894. The maximum Gasteiger partial charge on any atom is 0.355 e. The molecular formula is C25H23N3O7. The Balaban J connectivity index is 1.58. The van der Waals surface area contributed by atoms with E-state index in [1.165, 1.54) is 0 Å². The molecule has 4 heterocycles. The lowest BCUT2D eigenvalue weighted by Crippen LogP contribution is -2.48. The number of amides is 1. The molecule has 35 heavy (non-hydrogen) atoms. The molecule has 2 aliphatic rings. The van der Waals surface area contributed by atoms with Gasteiger partial charge in [0.05, 0.1) is 35.6 Å². The minimum absolute atomic E-state index is 0.0239. The summed E-state index contributed by atoms with van der Waals surface area (Å²) in [6.07, 6.45) is -0.142. The van der Waals surface area contributed by atoms with Gasteiger partial charge in [-0.3, -0.25) is 14.4 Å².